The van der Waals surface area contributed by atoms with Crippen molar-refractivity contribution in [1.29, 1.82) is 0 Å². The van der Waals surface area contributed by atoms with Crippen LogP contribution in [-0.2, 0) is 0 Å². The fraction of sp³-hybridized carbons (Fsp3) is 0.538. The van der Waals surface area contributed by atoms with E-state index in [4.69, 9.17) is 10.5 Å². The minimum atomic E-state index is -0.301. The highest BCUT2D eigenvalue weighted by molar-refractivity contribution is 5.30. The van der Waals surface area contributed by atoms with Gasteiger partial charge >= 0.3 is 0 Å². The van der Waals surface area contributed by atoms with Gasteiger partial charge in [-0.25, -0.2) is 4.39 Å². The smallest absolute Gasteiger partial charge is 0.167 e. The van der Waals surface area contributed by atoms with Crippen LogP contribution in [-0.4, -0.2) is 12.6 Å². The molecule has 0 bridgehead atoms. The molecule has 0 radical (unpaired) electrons. The Labute approximate surface area is 96.6 Å². The maximum Gasteiger partial charge on any atom is 0.167 e. The zero-order valence-corrected chi connectivity index (χ0v) is 10.4. The van der Waals surface area contributed by atoms with E-state index in [-0.39, 0.29) is 23.1 Å². The van der Waals surface area contributed by atoms with Crippen molar-refractivity contribution in [2.45, 2.75) is 33.8 Å². The molecule has 1 unspecified atom stereocenters. The van der Waals surface area contributed by atoms with Gasteiger partial charge < -0.3 is 10.5 Å². The summed E-state index contributed by atoms with van der Waals surface area (Å²) < 4.78 is 19.4. The summed E-state index contributed by atoms with van der Waals surface area (Å²) in [5, 5.41) is 0. The number of benzene rings is 1. The maximum absolute atomic E-state index is 13.7. The van der Waals surface area contributed by atoms with E-state index in [1.54, 1.807) is 25.1 Å². The van der Waals surface area contributed by atoms with Crippen LogP contribution in [0.25, 0.3) is 0 Å². The van der Waals surface area contributed by atoms with Crippen molar-refractivity contribution in [2.24, 2.45) is 11.1 Å². The molecule has 16 heavy (non-hydrogen) atoms. The van der Waals surface area contributed by atoms with E-state index in [2.05, 4.69) is 0 Å². The Kier molecular flexibility index (Phi) is 3.92. The van der Waals surface area contributed by atoms with Crippen LogP contribution in [0.5, 0.6) is 5.75 Å². The minimum absolute atomic E-state index is 0.106. The van der Waals surface area contributed by atoms with Crippen LogP contribution >= 0.6 is 0 Å². The first-order valence-electron chi connectivity index (χ1n) is 5.48. The van der Waals surface area contributed by atoms with Gasteiger partial charge in [-0.3, -0.25) is 0 Å². The molecule has 0 aliphatic rings. The van der Waals surface area contributed by atoms with E-state index in [0.717, 1.165) is 0 Å². The fourth-order valence-electron chi connectivity index (χ4n) is 1.44. The number of ether oxygens (including phenoxy) is 1. The molecule has 0 heterocycles. The minimum Gasteiger partial charge on any atom is -0.485 e. The van der Waals surface area contributed by atoms with Crippen LogP contribution in [0.2, 0.25) is 0 Å². The van der Waals surface area contributed by atoms with Crippen molar-refractivity contribution < 1.29 is 9.13 Å². The van der Waals surface area contributed by atoms with Crippen molar-refractivity contribution in [1.82, 2.24) is 0 Å². The average molecular weight is 225 g/mol. The van der Waals surface area contributed by atoms with Gasteiger partial charge in [0.2, 0.25) is 0 Å². The van der Waals surface area contributed by atoms with Gasteiger partial charge in [0.15, 0.2) is 11.6 Å². The number of aryl methyl sites for hydroxylation is 1. The molecule has 2 N–H and O–H groups in total. The Balaban J connectivity index is 2.91. The summed E-state index contributed by atoms with van der Waals surface area (Å²) in [6, 6.07) is 5.14. The van der Waals surface area contributed by atoms with Gasteiger partial charge in [-0.2, -0.15) is 0 Å². The van der Waals surface area contributed by atoms with E-state index in [9.17, 15) is 4.39 Å². The Morgan fingerprint density at radius 2 is 2.00 bits per heavy atom. The van der Waals surface area contributed by atoms with Gasteiger partial charge in [-0.05, 0) is 18.6 Å². The average Bonchev–Trinajstić information content (AvgIpc) is 2.18. The van der Waals surface area contributed by atoms with Gasteiger partial charge in [0, 0.05) is 12.0 Å². The molecule has 0 aromatic heterocycles. The summed E-state index contributed by atoms with van der Waals surface area (Å²) in [4.78, 5) is 0. The standard InChI is InChI=1S/C13H20FNO/c1-9-6-5-7-10(12(9)14)16-11(8-15)13(2,3)4/h5-7,11H,8,15H2,1-4H3. The Hall–Kier alpha value is -1.09. The zero-order chi connectivity index (χ0) is 12.3. The molecule has 2 nitrogen and oxygen atoms in total. The van der Waals surface area contributed by atoms with E-state index in [1.165, 1.54) is 0 Å². The van der Waals surface area contributed by atoms with Crippen LogP contribution < -0.4 is 10.5 Å². The molecule has 3 heteroatoms. The number of nitrogens with two attached hydrogens (primary N) is 1. The largest absolute Gasteiger partial charge is 0.485 e. The highest BCUT2D eigenvalue weighted by Gasteiger charge is 2.26. The van der Waals surface area contributed by atoms with Gasteiger partial charge in [0.05, 0.1) is 0 Å². The van der Waals surface area contributed by atoms with Crippen LogP contribution in [0.1, 0.15) is 26.3 Å². The molecular formula is C13H20FNO. The van der Waals surface area contributed by atoms with E-state index < -0.39 is 0 Å². The van der Waals surface area contributed by atoms with E-state index >= 15 is 0 Å². The molecule has 0 fully saturated rings. The van der Waals surface area contributed by atoms with Crippen LogP contribution in [0.4, 0.5) is 4.39 Å². The van der Waals surface area contributed by atoms with E-state index in [0.29, 0.717) is 12.1 Å². The SMILES string of the molecule is Cc1cccc(OC(CN)C(C)(C)C)c1F. The molecule has 1 atom stereocenters. The first kappa shape index (κ1) is 13.0. The first-order chi connectivity index (χ1) is 7.36. The van der Waals surface area contributed by atoms with Gasteiger partial charge in [0.1, 0.15) is 6.10 Å². The van der Waals surface area contributed by atoms with Crippen molar-refractivity contribution in [2.75, 3.05) is 6.54 Å². The van der Waals surface area contributed by atoms with Crippen LogP contribution in [0.15, 0.2) is 18.2 Å². The highest BCUT2D eigenvalue weighted by atomic mass is 19.1. The second-order valence-corrected chi connectivity index (χ2v) is 5.10. The third-order valence-corrected chi connectivity index (χ3v) is 2.61. The normalized spacial score (nSPS) is 13.6. The summed E-state index contributed by atoms with van der Waals surface area (Å²) in [6.45, 7) is 8.17. The molecule has 0 saturated heterocycles. The van der Waals surface area contributed by atoms with Crippen molar-refractivity contribution in [3.05, 3.63) is 29.6 Å². The zero-order valence-electron chi connectivity index (χ0n) is 10.4. The van der Waals surface area contributed by atoms with Crippen LogP contribution in [0.3, 0.4) is 0 Å². The van der Waals surface area contributed by atoms with E-state index in [1.807, 2.05) is 20.8 Å². The predicted octanol–water partition coefficient (Wildman–Crippen LogP) is 2.89. The Bertz CT molecular complexity index is 357. The summed E-state index contributed by atoms with van der Waals surface area (Å²) >= 11 is 0. The summed E-state index contributed by atoms with van der Waals surface area (Å²) in [5.74, 6) is -0.0180. The van der Waals surface area contributed by atoms with Crippen LogP contribution in [0, 0.1) is 18.2 Å². The van der Waals surface area contributed by atoms with Crippen molar-refractivity contribution >= 4 is 0 Å². The number of halogens is 1. The topological polar surface area (TPSA) is 35.2 Å². The molecule has 0 aliphatic carbocycles. The molecule has 0 amide bonds. The Morgan fingerprint density at radius 3 is 2.50 bits per heavy atom. The van der Waals surface area contributed by atoms with Gasteiger partial charge in [0.25, 0.3) is 0 Å². The summed E-state index contributed by atoms with van der Waals surface area (Å²) in [7, 11) is 0. The number of rotatable bonds is 3. The molecule has 90 valence electrons. The second kappa shape index (κ2) is 4.83. The molecule has 0 spiro atoms. The van der Waals surface area contributed by atoms with Gasteiger partial charge in [-0.1, -0.05) is 32.9 Å². The van der Waals surface area contributed by atoms with Crippen molar-refractivity contribution in [3.63, 3.8) is 0 Å². The van der Waals surface area contributed by atoms with Gasteiger partial charge in [-0.15, -0.1) is 0 Å². The fourth-order valence-corrected chi connectivity index (χ4v) is 1.44. The molecular weight excluding hydrogens is 205 g/mol. The second-order valence-electron chi connectivity index (χ2n) is 5.10. The summed E-state index contributed by atoms with van der Waals surface area (Å²) in [6.07, 6.45) is -0.191. The highest BCUT2D eigenvalue weighted by Crippen LogP contribution is 2.27. The third kappa shape index (κ3) is 2.95. The first-order valence-corrected chi connectivity index (χ1v) is 5.48. The Morgan fingerprint density at radius 1 is 1.38 bits per heavy atom. The lowest BCUT2D eigenvalue weighted by molar-refractivity contribution is 0.0897. The lowest BCUT2D eigenvalue weighted by atomic mass is 9.89. The molecule has 1 aromatic rings. The maximum atomic E-state index is 13.7. The molecule has 0 saturated carbocycles. The quantitative estimate of drug-likeness (QED) is 0.858. The molecule has 1 aromatic carbocycles. The lowest BCUT2D eigenvalue weighted by Gasteiger charge is -2.30. The third-order valence-electron chi connectivity index (χ3n) is 2.61. The number of hydrogen-bond donors (Lipinski definition) is 1. The predicted molar refractivity (Wildman–Crippen MR) is 64.1 cm³/mol. The molecule has 0 aliphatic heterocycles. The molecule has 1 rings (SSSR count). The summed E-state index contributed by atoms with van der Waals surface area (Å²) in [5.41, 5.74) is 6.13. The number of hydrogen-bond acceptors (Lipinski definition) is 2. The lowest BCUT2D eigenvalue weighted by Crippen LogP contribution is -2.39. The monoisotopic (exact) mass is 225 g/mol. The van der Waals surface area contributed by atoms with Crippen molar-refractivity contribution in [3.8, 4) is 5.75 Å².